The van der Waals surface area contributed by atoms with E-state index in [1.807, 2.05) is 36.7 Å². The van der Waals surface area contributed by atoms with Gasteiger partial charge >= 0.3 is 0 Å². The van der Waals surface area contributed by atoms with Crippen molar-refractivity contribution in [2.45, 2.75) is 12.3 Å². The van der Waals surface area contributed by atoms with E-state index in [0.29, 0.717) is 12.1 Å². The van der Waals surface area contributed by atoms with Gasteiger partial charge in [-0.15, -0.1) is 0 Å². The number of carbonyl (C=O) groups excluding carboxylic acids is 1. The fourth-order valence-electron chi connectivity index (χ4n) is 2.82. The van der Waals surface area contributed by atoms with Crippen LogP contribution in [0.2, 0.25) is 0 Å². The Balaban J connectivity index is 1.89. The molecule has 23 heavy (non-hydrogen) atoms. The first kappa shape index (κ1) is 15.2. The number of H-pyrrole nitrogens is 1. The maximum Gasteiger partial charge on any atom is 0.150 e. The molecule has 3 aromatic rings. The molecule has 0 fully saturated rings. The van der Waals surface area contributed by atoms with E-state index in [4.69, 9.17) is 5.73 Å². The number of rotatable bonds is 6. The monoisotopic (exact) mass is 305 g/mol. The quantitative estimate of drug-likeness (QED) is 0.686. The summed E-state index contributed by atoms with van der Waals surface area (Å²) in [5, 5.41) is 6.81. The predicted molar refractivity (Wildman–Crippen MR) is 91.4 cm³/mol. The number of nitrogens with one attached hydrogen (secondary N) is 1. The number of nitrogens with zero attached hydrogens (tertiary/aromatic N) is 1. The summed E-state index contributed by atoms with van der Waals surface area (Å²) in [4.78, 5) is 10.8. The lowest BCUT2D eigenvalue weighted by Crippen LogP contribution is -2.09. The molecule has 0 bridgehead atoms. The highest BCUT2D eigenvalue weighted by atomic mass is 16.1. The van der Waals surface area contributed by atoms with E-state index >= 15 is 0 Å². The van der Waals surface area contributed by atoms with Crippen LogP contribution in [0.15, 0.2) is 60.9 Å². The van der Waals surface area contributed by atoms with Gasteiger partial charge in [-0.05, 0) is 29.7 Å². The van der Waals surface area contributed by atoms with E-state index in [2.05, 4.69) is 34.5 Å². The third kappa shape index (κ3) is 3.38. The summed E-state index contributed by atoms with van der Waals surface area (Å²) in [5.74, 6) is 0.235. The smallest absolute Gasteiger partial charge is 0.150 e. The third-order valence-electron chi connectivity index (χ3n) is 4.07. The summed E-state index contributed by atoms with van der Waals surface area (Å²) in [6, 6.07) is 16.2. The first-order valence-electron chi connectivity index (χ1n) is 7.66. The summed E-state index contributed by atoms with van der Waals surface area (Å²) in [6.07, 6.45) is 5.42. The average molecular weight is 305 g/mol. The fraction of sp³-hybridized carbons (Fsp3) is 0.158. The maximum atomic E-state index is 10.8. The number of aromatic amines is 1. The van der Waals surface area contributed by atoms with Crippen LogP contribution in [0.25, 0.3) is 11.1 Å². The van der Waals surface area contributed by atoms with Crippen molar-refractivity contribution in [1.82, 2.24) is 10.2 Å². The first-order valence-corrected chi connectivity index (χ1v) is 7.66. The van der Waals surface area contributed by atoms with Crippen molar-refractivity contribution in [3.8, 4) is 11.1 Å². The third-order valence-corrected chi connectivity index (χ3v) is 4.07. The van der Waals surface area contributed by atoms with Crippen LogP contribution in [0, 0.1) is 0 Å². The molecule has 0 amide bonds. The molecule has 1 unspecified atom stereocenters. The van der Waals surface area contributed by atoms with Crippen molar-refractivity contribution in [1.29, 1.82) is 0 Å². The molecule has 2 aromatic carbocycles. The molecular formula is C19H19N3O. The van der Waals surface area contributed by atoms with Crippen LogP contribution >= 0.6 is 0 Å². The molecule has 4 heteroatoms. The lowest BCUT2D eigenvalue weighted by atomic mass is 9.87. The summed E-state index contributed by atoms with van der Waals surface area (Å²) < 4.78 is 0. The first-order chi connectivity index (χ1) is 11.3. The SMILES string of the molecule is NCCC(c1ccc(C=O)cc1)c1ccc(-c2cn[nH]c2)cc1. The summed E-state index contributed by atoms with van der Waals surface area (Å²) >= 11 is 0. The van der Waals surface area contributed by atoms with E-state index in [0.717, 1.165) is 23.8 Å². The van der Waals surface area contributed by atoms with Crippen molar-refractivity contribution < 1.29 is 4.79 Å². The van der Waals surface area contributed by atoms with Crippen LogP contribution in [-0.2, 0) is 0 Å². The maximum absolute atomic E-state index is 10.8. The van der Waals surface area contributed by atoms with Crippen LogP contribution in [0.5, 0.6) is 0 Å². The standard InChI is InChI=1S/C19H19N3O/c20-10-9-19(16-3-1-14(13-23)2-4-16)17-7-5-15(6-8-17)18-11-21-22-12-18/h1-8,11-13,19H,9-10,20H2,(H,21,22). The molecular weight excluding hydrogens is 286 g/mol. The molecule has 0 radical (unpaired) electrons. The van der Waals surface area contributed by atoms with E-state index in [9.17, 15) is 4.79 Å². The van der Waals surface area contributed by atoms with Gasteiger partial charge in [-0.3, -0.25) is 9.89 Å². The topological polar surface area (TPSA) is 71.8 Å². The summed E-state index contributed by atoms with van der Waals surface area (Å²) in [5.41, 5.74) is 11.1. The van der Waals surface area contributed by atoms with Crippen LogP contribution < -0.4 is 5.73 Å². The second kappa shape index (κ2) is 7.03. The molecule has 0 aliphatic rings. The van der Waals surface area contributed by atoms with Gasteiger partial charge in [0, 0.05) is 23.2 Å². The molecule has 0 saturated heterocycles. The van der Waals surface area contributed by atoms with E-state index in [1.165, 1.54) is 11.1 Å². The molecule has 0 saturated carbocycles. The molecule has 3 N–H and O–H groups in total. The minimum absolute atomic E-state index is 0.235. The number of hydrogen-bond donors (Lipinski definition) is 2. The Labute approximate surface area is 135 Å². The average Bonchev–Trinajstić information content (AvgIpc) is 3.15. The Kier molecular flexibility index (Phi) is 4.64. The minimum Gasteiger partial charge on any atom is -0.330 e. The summed E-state index contributed by atoms with van der Waals surface area (Å²) in [7, 11) is 0. The molecule has 0 spiro atoms. The zero-order chi connectivity index (χ0) is 16.1. The number of aromatic nitrogens is 2. The fourth-order valence-corrected chi connectivity index (χ4v) is 2.82. The van der Waals surface area contributed by atoms with Gasteiger partial charge in [-0.2, -0.15) is 5.10 Å². The Morgan fingerprint density at radius 1 is 1.00 bits per heavy atom. The molecule has 4 nitrogen and oxygen atoms in total. The lowest BCUT2D eigenvalue weighted by molar-refractivity contribution is 0.112. The van der Waals surface area contributed by atoms with Gasteiger partial charge in [0.15, 0.2) is 0 Å². The minimum atomic E-state index is 0.235. The number of carbonyl (C=O) groups is 1. The van der Waals surface area contributed by atoms with E-state index in [-0.39, 0.29) is 5.92 Å². The second-order valence-electron chi connectivity index (χ2n) is 5.52. The van der Waals surface area contributed by atoms with Crippen LogP contribution in [-0.4, -0.2) is 23.0 Å². The van der Waals surface area contributed by atoms with Crippen molar-refractivity contribution in [2.75, 3.05) is 6.54 Å². The van der Waals surface area contributed by atoms with Gasteiger partial charge in [0.05, 0.1) is 6.20 Å². The zero-order valence-electron chi connectivity index (χ0n) is 12.8. The van der Waals surface area contributed by atoms with Gasteiger partial charge in [0.2, 0.25) is 0 Å². The lowest BCUT2D eigenvalue weighted by Gasteiger charge is -2.18. The summed E-state index contributed by atoms with van der Waals surface area (Å²) in [6.45, 7) is 0.615. The van der Waals surface area contributed by atoms with Gasteiger partial charge < -0.3 is 5.73 Å². The Morgan fingerprint density at radius 3 is 2.17 bits per heavy atom. The van der Waals surface area contributed by atoms with Gasteiger partial charge in [0.25, 0.3) is 0 Å². The highest BCUT2D eigenvalue weighted by Gasteiger charge is 2.13. The van der Waals surface area contributed by atoms with Crippen LogP contribution in [0.3, 0.4) is 0 Å². The molecule has 0 aliphatic carbocycles. The zero-order valence-corrected chi connectivity index (χ0v) is 12.8. The van der Waals surface area contributed by atoms with E-state index < -0.39 is 0 Å². The van der Waals surface area contributed by atoms with Crippen molar-refractivity contribution in [2.24, 2.45) is 5.73 Å². The second-order valence-corrected chi connectivity index (χ2v) is 5.52. The largest absolute Gasteiger partial charge is 0.330 e. The van der Waals surface area contributed by atoms with Gasteiger partial charge in [-0.1, -0.05) is 48.5 Å². The molecule has 1 heterocycles. The number of nitrogens with two attached hydrogens (primary N) is 1. The number of aldehydes is 1. The Hall–Kier alpha value is -2.72. The normalized spacial score (nSPS) is 12.0. The number of hydrogen-bond acceptors (Lipinski definition) is 3. The van der Waals surface area contributed by atoms with Gasteiger partial charge in [0.1, 0.15) is 6.29 Å². The van der Waals surface area contributed by atoms with Crippen LogP contribution in [0.1, 0.15) is 33.8 Å². The predicted octanol–water partition coefficient (Wildman–Crippen LogP) is 3.37. The molecule has 1 atom stereocenters. The number of benzene rings is 2. The Bertz CT molecular complexity index is 746. The van der Waals surface area contributed by atoms with Crippen molar-refractivity contribution >= 4 is 6.29 Å². The van der Waals surface area contributed by atoms with Crippen molar-refractivity contribution in [3.05, 3.63) is 77.6 Å². The van der Waals surface area contributed by atoms with E-state index in [1.54, 1.807) is 0 Å². The molecule has 0 aliphatic heterocycles. The Morgan fingerprint density at radius 2 is 1.65 bits per heavy atom. The molecule has 3 rings (SSSR count). The van der Waals surface area contributed by atoms with Crippen molar-refractivity contribution in [3.63, 3.8) is 0 Å². The molecule has 116 valence electrons. The highest BCUT2D eigenvalue weighted by molar-refractivity contribution is 5.74. The highest BCUT2D eigenvalue weighted by Crippen LogP contribution is 2.29. The van der Waals surface area contributed by atoms with Crippen LogP contribution in [0.4, 0.5) is 0 Å². The molecule has 1 aromatic heterocycles. The van der Waals surface area contributed by atoms with Gasteiger partial charge in [-0.25, -0.2) is 0 Å².